The van der Waals surface area contributed by atoms with Crippen molar-refractivity contribution in [3.8, 4) is 0 Å². The summed E-state index contributed by atoms with van der Waals surface area (Å²) in [5.74, 6) is 0.365. The smallest absolute Gasteiger partial charge is 0.225 e. The van der Waals surface area contributed by atoms with Crippen LogP contribution in [-0.4, -0.2) is 36.9 Å². The molecule has 1 saturated carbocycles. The van der Waals surface area contributed by atoms with Crippen molar-refractivity contribution in [1.82, 2.24) is 5.32 Å². The summed E-state index contributed by atoms with van der Waals surface area (Å²) in [5, 5.41) is 12.8. The number of hydrogen-bond donors (Lipinski definition) is 2. The molecule has 1 saturated heterocycles. The van der Waals surface area contributed by atoms with E-state index in [9.17, 15) is 9.90 Å². The van der Waals surface area contributed by atoms with Crippen LogP contribution in [0, 0.1) is 11.8 Å². The Labute approximate surface area is 103 Å². The number of amides is 1. The van der Waals surface area contributed by atoms with Crippen molar-refractivity contribution in [3.05, 3.63) is 0 Å². The van der Waals surface area contributed by atoms with Gasteiger partial charge in [-0.05, 0) is 25.7 Å². The number of nitrogens with one attached hydrogen (secondary N) is 1. The Hall–Kier alpha value is -0.610. The Morgan fingerprint density at radius 3 is 2.76 bits per heavy atom. The Kier molecular flexibility index (Phi) is 4.80. The van der Waals surface area contributed by atoms with Crippen LogP contribution in [0.25, 0.3) is 0 Å². The van der Waals surface area contributed by atoms with E-state index in [2.05, 4.69) is 5.32 Å². The predicted octanol–water partition coefficient (Wildman–Crippen LogP) is 1.08. The maximum Gasteiger partial charge on any atom is 0.225 e. The van der Waals surface area contributed by atoms with Crippen molar-refractivity contribution in [2.24, 2.45) is 11.8 Å². The standard InChI is InChI=1S/C13H23NO3/c15-12-6-2-1-4-10(12)8-14-13(16)11-5-3-7-17-9-11/h10-12,15H,1-9H2,(H,14,16). The quantitative estimate of drug-likeness (QED) is 0.777. The summed E-state index contributed by atoms with van der Waals surface area (Å²) in [6, 6.07) is 0. The molecule has 2 fully saturated rings. The molecule has 1 heterocycles. The molecule has 1 aliphatic heterocycles. The minimum atomic E-state index is -0.230. The average molecular weight is 241 g/mol. The van der Waals surface area contributed by atoms with E-state index in [0.29, 0.717) is 13.2 Å². The topological polar surface area (TPSA) is 58.6 Å². The summed E-state index contributed by atoms with van der Waals surface area (Å²) < 4.78 is 5.31. The first-order valence-electron chi connectivity index (χ1n) is 6.81. The van der Waals surface area contributed by atoms with Gasteiger partial charge in [0.15, 0.2) is 0 Å². The van der Waals surface area contributed by atoms with E-state index >= 15 is 0 Å². The highest BCUT2D eigenvalue weighted by Gasteiger charge is 2.26. The monoisotopic (exact) mass is 241 g/mol. The fourth-order valence-corrected chi connectivity index (χ4v) is 2.75. The molecule has 4 heteroatoms. The van der Waals surface area contributed by atoms with Crippen LogP contribution in [0.4, 0.5) is 0 Å². The van der Waals surface area contributed by atoms with E-state index in [1.165, 1.54) is 6.42 Å². The summed E-state index contributed by atoms with van der Waals surface area (Å²) in [7, 11) is 0. The lowest BCUT2D eigenvalue weighted by Crippen LogP contribution is -2.41. The molecule has 98 valence electrons. The lowest BCUT2D eigenvalue weighted by atomic mass is 9.86. The molecular formula is C13H23NO3. The molecule has 4 nitrogen and oxygen atoms in total. The highest BCUT2D eigenvalue weighted by Crippen LogP contribution is 2.23. The number of ether oxygens (including phenoxy) is 1. The van der Waals surface area contributed by atoms with Crippen molar-refractivity contribution in [2.45, 2.75) is 44.6 Å². The molecule has 3 unspecified atom stereocenters. The van der Waals surface area contributed by atoms with Crippen molar-refractivity contribution < 1.29 is 14.6 Å². The van der Waals surface area contributed by atoms with Gasteiger partial charge in [0.1, 0.15) is 0 Å². The SMILES string of the molecule is O=C(NCC1CCCCC1O)C1CCCOC1. The van der Waals surface area contributed by atoms with Gasteiger partial charge in [-0.3, -0.25) is 4.79 Å². The van der Waals surface area contributed by atoms with Crippen LogP contribution in [-0.2, 0) is 9.53 Å². The lowest BCUT2D eigenvalue weighted by molar-refractivity contribution is -0.129. The Bertz CT molecular complexity index is 251. The minimum Gasteiger partial charge on any atom is -0.393 e. The van der Waals surface area contributed by atoms with Gasteiger partial charge in [0.05, 0.1) is 18.6 Å². The maximum absolute atomic E-state index is 11.9. The van der Waals surface area contributed by atoms with Crippen LogP contribution in [0.2, 0.25) is 0 Å². The van der Waals surface area contributed by atoms with Crippen LogP contribution in [0.15, 0.2) is 0 Å². The van der Waals surface area contributed by atoms with E-state index < -0.39 is 0 Å². The predicted molar refractivity (Wildman–Crippen MR) is 64.5 cm³/mol. The summed E-state index contributed by atoms with van der Waals surface area (Å²) in [5.41, 5.74) is 0. The number of rotatable bonds is 3. The van der Waals surface area contributed by atoms with Gasteiger partial charge in [-0.2, -0.15) is 0 Å². The Morgan fingerprint density at radius 2 is 2.06 bits per heavy atom. The van der Waals surface area contributed by atoms with E-state index in [0.717, 1.165) is 38.7 Å². The van der Waals surface area contributed by atoms with Gasteiger partial charge in [-0.1, -0.05) is 12.8 Å². The largest absolute Gasteiger partial charge is 0.393 e. The first-order chi connectivity index (χ1) is 8.27. The molecule has 0 aromatic rings. The van der Waals surface area contributed by atoms with Gasteiger partial charge in [0.25, 0.3) is 0 Å². The number of carbonyl (C=O) groups is 1. The minimum absolute atomic E-state index is 0.0180. The Morgan fingerprint density at radius 1 is 1.24 bits per heavy atom. The third-order valence-electron chi connectivity index (χ3n) is 3.94. The zero-order chi connectivity index (χ0) is 12.1. The maximum atomic E-state index is 11.9. The molecule has 1 aliphatic carbocycles. The summed E-state index contributed by atoms with van der Waals surface area (Å²) in [6.45, 7) is 1.96. The highest BCUT2D eigenvalue weighted by atomic mass is 16.5. The molecule has 0 aromatic carbocycles. The second-order valence-corrected chi connectivity index (χ2v) is 5.27. The second-order valence-electron chi connectivity index (χ2n) is 5.27. The summed E-state index contributed by atoms with van der Waals surface area (Å²) in [6.07, 6.45) is 5.87. The number of aliphatic hydroxyl groups excluding tert-OH is 1. The molecule has 2 aliphatic rings. The molecule has 17 heavy (non-hydrogen) atoms. The van der Waals surface area contributed by atoms with Crippen molar-refractivity contribution in [3.63, 3.8) is 0 Å². The fraction of sp³-hybridized carbons (Fsp3) is 0.923. The van der Waals surface area contributed by atoms with E-state index in [1.807, 2.05) is 0 Å². The normalized spacial score (nSPS) is 34.3. The van der Waals surface area contributed by atoms with Gasteiger partial charge in [-0.25, -0.2) is 0 Å². The molecule has 0 radical (unpaired) electrons. The molecule has 1 amide bonds. The Balaban J connectivity index is 1.71. The first kappa shape index (κ1) is 12.8. The van der Waals surface area contributed by atoms with Gasteiger partial charge in [-0.15, -0.1) is 0 Å². The van der Waals surface area contributed by atoms with Crippen molar-refractivity contribution in [1.29, 1.82) is 0 Å². The molecule has 3 atom stereocenters. The summed E-state index contributed by atoms with van der Waals surface area (Å²) >= 11 is 0. The van der Waals surface area contributed by atoms with E-state index in [4.69, 9.17) is 4.74 Å². The molecule has 0 spiro atoms. The van der Waals surface area contributed by atoms with Crippen molar-refractivity contribution in [2.75, 3.05) is 19.8 Å². The van der Waals surface area contributed by atoms with Crippen LogP contribution < -0.4 is 5.32 Å². The van der Waals surface area contributed by atoms with E-state index in [-0.39, 0.29) is 23.8 Å². The third kappa shape index (κ3) is 3.68. The van der Waals surface area contributed by atoms with E-state index in [1.54, 1.807) is 0 Å². The molecule has 2 rings (SSSR count). The van der Waals surface area contributed by atoms with Gasteiger partial charge in [0.2, 0.25) is 5.91 Å². The van der Waals surface area contributed by atoms with Crippen LogP contribution in [0.5, 0.6) is 0 Å². The average Bonchev–Trinajstić information content (AvgIpc) is 2.38. The highest BCUT2D eigenvalue weighted by molar-refractivity contribution is 5.78. The first-order valence-corrected chi connectivity index (χ1v) is 6.81. The van der Waals surface area contributed by atoms with Crippen LogP contribution in [0.3, 0.4) is 0 Å². The molecule has 0 bridgehead atoms. The number of aliphatic hydroxyl groups is 1. The zero-order valence-electron chi connectivity index (χ0n) is 10.4. The summed E-state index contributed by atoms with van der Waals surface area (Å²) in [4.78, 5) is 11.9. The number of carbonyl (C=O) groups excluding carboxylic acids is 1. The van der Waals surface area contributed by atoms with Gasteiger partial charge >= 0.3 is 0 Å². The van der Waals surface area contributed by atoms with Crippen LogP contribution >= 0.6 is 0 Å². The lowest BCUT2D eigenvalue weighted by Gasteiger charge is -2.28. The van der Waals surface area contributed by atoms with Crippen molar-refractivity contribution >= 4 is 5.91 Å². The zero-order valence-corrected chi connectivity index (χ0v) is 10.4. The van der Waals surface area contributed by atoms with Gasteiger partial charge in [0, 0.05) is 19.1 Å². The molecule has 0 aromatic heterocycles. The number of hydrogen-bond acceptors (Lipinski definition) is 3. The van der Waals surface area contributed by atoms with Gasteiger partial charge < -0.3 is 15.2 Å². The third-order valence-corrected chi connectivity index (χ3v) is 3.94. The second kappa shape index (κ2) is 6.36. The fourth-order valence-electron chi connectivity index (χ4n) is 2.75. The van der Waals surface area contributed by atoms with Crippen LogP contribution in [0.1, 0.15) is 38.5 Å². The molecule has 2 N–H and O–H groups in total. The molecular weight excluding hydrogens is 218 g/mol.